The van der Waals surface area contributed by atoms with Crippen molar-refractivity contribution in [2.45, 2.75) is 6.42 Å². The Morgan fingerprint density at radius 2 is 1.36 bits per heavy atom. The van der Waals surface area contributed by atoms with Crippen LogP contribution in [0.4, 0.5) is 0 Å². The highest BCUT2D eigenvalue weighted by molar-refractivity contribution is 6.30. The fraction of sp³-hybridized carbons (Fsp3) is 0.0455. The van der Waals surface area contributed by atoms with Crippen molar-refractivity contribution in [2.75, 3.05) is 0 Å². The molecule has 0 aliphatic carbocycles. The van der Waals surface area contributed by atoms with Crippen molar-refractivity contribution in [3.63, 3.8) is 0 Å². The Bertz CT molecular complexity index is 1020. The van der Waals surface area contributed by atoms with E-state index in [1.807, 2.05) is 42.5 Å². The minimum Gasteiger partial charge on any atom is -0.248 e. The Morgan fingerprint density at radius 3 is 2.08 bits per heavy atom. The van der Waals surface area contributed by atoms with Crippen LogP contribution in [0.3, 0.4) is 0 Å². The largest absolute Gasteiger partial charge is 0.248 e. The van der Waals surface area contributed by atoms with E-state index >= 15 is 0 Å². The SMILES string of the molecule is Clc1ccc(Cc2cc(-c3ccc(Cl)cc3)nc3ccccc23)cc1. The number of benzene rings is 3. The summed E-state index contributed by atoms with van der Waals surface area (Å²) >= 11 is 12.0. The molecule has 0 fully saturated rings. The molecule has 3 heteroatoms. The van der Waals surface area contributed by atoms with Crippen LogP contribution in [-0.2, 0) is 6.42 Å². The third-order valence-electron chi connectivity index (χ3n) is 4.25. The molecule has 0 spiro atoms. The average Bonchev–Trinajstić information content (AvgIpc) is 2.64. The zero-order valence-electron chi connectivity index (χ0n) is 13.4. The number of rotatable bonds is 3. The lowest BCUT2D eigenvalue weighted by atomic mass is 9.98. The summed E-state index contributed by atoms with van der Waals surface area (Å²) in [5, 5.41) is 2.66. The minimum absolute atomic E-state index is 0.728. The van der Waals surface area contributed by atoms with Crippen molar-refractivity contribution in [1.82, 2.24) is 4.98 Å². The normalized spacial score (nSPS) is 11.0. The van der Waals surface area contributed by atoms with E-state index in [1.54, 1.807) is 0 Å². The Morgan fingerprint density at radius 1 is 0.720 bits per heavy atom. The highest BCUT2D eigenvalue weighted by Crippen LogP contribution is 2.27. The molecule has 1 nitrogen and oxygen atoms in total. The van der Waals surface area contributed by atoms with Crippen molar-refractivity contribution in [2.24, 2.45) is 0 Å². The third kappa shape index (κ3) is 3.53. The first-order valence-corrected chi connectivity index (χ1v) is 8.84. The van der Waals surface area contributed by atoms with Crippen LogP contribution in [0.25, 0.3) is 22.2 Å². The maximum atomic E-state index is 6.01. The quantitative estimate of drug-likeness (QED) is 0.390. The van der Waals surface area contributed by atoms with E-state index < -0.39 is 0 Å². The van der Waals surface area contributed by atoms with Gasteiger partial charge in [-0.25, -0.2) is 4.98 Å². The van der Waals surface area contributed by atoms with Gasteiger partial charge in [0.1, 0.15) is 0 Å². The highest BCUT2D eigenvalue weighted by atomic mass is 35.5. The predicted molar refractivity (Wildman–Crippen MR) is 106 cm³/mol. The smallest absolute Gasteiger partial charge is 0.0712 e. The fourth-order valence-corrected chi connectivity index (χ4v) is 3.24. The second-order valence-electron chi connectivity index (χ2n) is 5.99. The van der Waals surface area contributed by atoms with E-state index in [0.29, 0.717) is 0 Å². The van der Waals surface area contributed by atoms with Crippen LogP contribution in [0.5, 0.6) is 0 Å². The van der Waals surface area contributed by atoms with Gasteiger partial charge < -0.3 is 0 Å². The fourth-order valence-electron chi connectivity index (χ4n) is 2.98. The molecule has 0 saturated carbocycles. The van der Waals surface area contributed by atoms with Gasteiger partial charge in [0.2, 0.25) is 0 Å². The number of para-hydroxylation sites is 1. The molecule has 0 unspecified atom stereocenters. The van der Waals surface area contributed by atoms with Gasteiger partial charge in [0.05, 0.1) is 11.2 Å². The second-order valence-corrected chi connectivity index (χ2v) is 6.87. The van der Waals surface area contributed by atoms with Gasteiger partial charge in [0.25, 0.3) is 0 Å². The summed E-state index contributed by atoms with van der Waals surface area (Å²) in [6, 6.07) is 26.2. The van der Waals surface area contributed by atoms with E-state index in [9.17, 15) is 0 Å². The molecule has 1 aromatic heterocycles. The summed E-state index contributed by atoms with van der Waals surface area (Å²) in [5.41, 5.74) is 5.49. The molecule has 0 aliphatic heterocycles. The Labute approximate surface area is 156 Å². The number of aromatic nitrogens is 1. The van der Waals surface area contributed by atoms with Crippen molar-refractivity contribution in [1.29, 1.82) is 0 Å². The number of hydrogen-bond acceptors (Lipinski definition) is 1. The minimum atomic E-state index is 0.728. The molecule has 4 rings (SSSR count). The molecule has 122 valence electrons. The number of pyridine rings is 1. The molecule has 1 heterocycles. The van der Waals surface area contributed by atoms with Crippen LogP contribution in [0, 0.1) is 0 Å². The Balaban J connectivity index is 1.83. The van der Waals surface area contributed by atoms with Crippen LogP contribution in [0.15, 0.2) is 78.9 Å². The molecular weight excluding hydrogens is 349 g/mol. The van der Waals surface area contributed by atoms with Gasteiger partial charge in [0, 0.05) is 21.0 Å². The molecule has 0 atom stereocenters. The van der Waals surface area contributed by atoms with Gasteiger partial charge in [-0.3, -0.25) is 0 Å². The number of fused-ring (bicyclic) bond motifs is 1. The summed E-state index contributed by atoms with van der Waals surface area (Å²) in [4.78, 5) is 4.83. The van der Waals surface area contributed by atoms with E-state index in [4.69, 9.17) is 28.2 Å². The maximum absolute atomic E-state index is 6.01. The summed E-state index contributed by atoms with van der Waals surface area (Å²) in [5.74, 6) is 0. The Kier molecular flexibility index (Phi) is 4.44. The standard InChI is InChI=1S/C22H15Cl2N/c23-18-9-5-15(6-10-18)13-17-14-22(16-7-11-19(24)12-8-16)25-21-4-2-1-3-20(17)21/h1-12,14H,13H2. The van der Waals surface area contributed by atoms with Gasteiger partial charge in [-0.15, -0.1) is 0 Å². The van der Waals surface area contributed by atoms with Crippen molar-refractivity contribution in [3.05, 3.63) is 100 Å². The lowest BCUT2D eigenvalue weighted by molar-refractivity contribution is 1.20. The second kappa shape index (κ2) is 6.87. The summed E-state index contributed by atoms with van der Waals surface area (Å²) in [6.07, 6.45) is 0.834. The number of nitrogens with zero attached hydrogens (tertiary/aromatic N) is 1. The van der Waals surface area contributed by atoms with E-state index in [1.165, 1.54) is 16.5 Å². The molecule has 0 amide bonds. The highest BCUT2D eigenvalue weighted by Gasteiger charge is 2.08. The molecule has 4 aromatic rings. The molecule has 25 heavy (non-hydrogen) atoms. The van der Waals surface area contributed by atoms with E-state index in [2.05, 4.69) is 36.4 Å². The van der Waals surface area contributed by atoms with Crippen LogP contribution in [-0.4, -0.2) is 4.98 Å². The van der Waals surface area contributed by atoms with Crippen LogP contribution >= 0.6 is 23.2 Å². The first-order chi connectivity index (χ1) is 12.2. The van der Waals surface area contributed by atoms with Crippen LogP contribution in [0.1, 0.15) is 11.1 Å². The van der Waals surface area contributed by atoms with Gasteiger partial charge in [-0.05, 0) is 53.9 Å². The van der Waals surface area contributed by atoms with Crippen molar-refractivity contribution in [3.8, 4) is 11.3 Å². The first-order valence-electron chi connectivity index (χ1n) is 8.08. The van der Waals surface area contributed by atoms with Gasteiger partial charge >= 0.3 is 0 Å². The summed E-state index contributed by atoms with van der Waals surface area (Å²) in [7, 11) is 0. The number of halogens is 2. The van der Waals surface area contributed by atoms with Crippen molar-refractivity contribution < 1.29 is 0 Å². The first kappa shape index (κ1) is 16.1. The molecule has 0 N–H and O–H groups in total. The monoisotopic (exact) mass is 363 g/mol. The Hall–Kier alpha value is -2.35. The summed E-state index contributed by atoms with van der Waals surface area (Å²) in [6.45, 7) is 0. The molecule has 3 aromatic carbocycles. The zero-order chi connectivity index (χ0) is 17.2. The molecule has 0 bridgehead atoms. The lowest BCUT2D eigenvalue weighted by Gasteiger charge is -2.10. The topological polar surface area (TPSA) is 12.9 Å². The predicted octanol–water partition coefficient (Wildman–Crippen LogP) is 6.80. The van der Waals surface area contributed by atoms with Crippen molar-refractivity contribution >= 4 is 34.1 Å². The molecular formula is C22H15Cl2N. The maximum Gasteiger partial charge on any atom is 0.0712 e. The van der Waals surface area contributed by atoms with E-state index in [0.717, 1.165) is 33.2 Å². The summed E-state index contributed by atoms with van der Waals surface area (Å²) < 4.78 is 0. The zero-order valence-corrected chi connectivity index (χ0v) is 14.9. The number of hydrogen-bond donors (Lipinski definition) is 0. The van der Waals surface area contributed by atoms with Gasteiger partial charge in [-0.2, -0.15) is 0 Å². The average molecular weight is 364 g/mol. The molecule has 0 saturated heterocycles. The van der Waals surface area contributed by atoms with E-state index in [-0.39, 0.29) is 0 Å². The van der Waals surface area contributed by atoms with Crippen LogP contribution < -0.4 is 0 Å². The lowest BCUT2D eigenvalue weighted by Crippen LogP contribution is -1.94. The third-order valence-corrected chi connectivity index (χ3v) is 4.75. The van der Waals surface area contributed by atoms with Crippen LogP contribution in [0.2, 0.25) is 10.0 Å². The van der Waals surface area contributed by atoms with Gasteiger partial charge in [-0.1, -0.05) is 65.7 Å². The molecule has 0 aliphatic rings. The molecule has 0 radical (unpaired) electrons. The van der Waals surface area contributed by atoms with Gasteiger partial charge in [0.15, 0.2) is 0 Å².